The summed E-state index contributed by atoms with van der Waals surface area (Å²) in [5.74, 6) is 6.48. The standard InChI is InChI=1S/C24H25NO2.CH4/c1-25-20-14-15-22(25)23(24(26)27-2)21(16-20)19-12-10-18(11-13-19)9-8-17-6-4-3-5-7-17;/h3-7,10-13,20-23H,14-16H2,1-2H3;1H4/t20-,21-,22?,23?;/m1./s1. The minimum absolute atomic E-state index is 0. The van der Waals surface area contributed by atoms with E-state index in [0.717, 1.165) is 24.0 Å². The molecule has 2 heterocycles. The Morgan fingerprint density at radius 1 is 1.00 bits per heavy atom. The minimum Gasteiger partial charge on any atom is -0.469 e. The summed E-state index contributed by atoms with van der Waals surface area (Å²) in [4.78, 5) is 14.9. The zero-order valence-corrected chi connectivity index (χ0v) is 15.9. The smallest absolute Gasteiger partial charge is 0.310 e. The molecule has 2 aromatic carbocycles. The predicted octanol–water partition coefficient (Wildman–Crippen LogP) is 4.46. The first-order chi connectivity index (χ1) is 13.2. The molecule has 2 aliphatic rings. The van der Waals surface area contributed by atoms with Crippen molar-refractivity contribution < 1.29 is 9.53 Å². The zero-order chi connectivity index (χ0) is 18.8. The Hall–Kier alpha value is -2.57. The summed E-state index contributed by atoms with van der Waals surface area (Å²) in [6, 6.07) is 19.3. The van der Waals surface area contributed by atoms with Crippen LogP contribution in [-0.4, -0.2) is 37.1 Å². The summed E-state index contributed by atoms with van der Waals surface area (Å²) >= 11 is 0. The number of hydrogen-bond donors (Lipinski definition) is 0. The van der Waals surface area contributed by atoms with Crippen molar-refractivity contribution in [1.29, 1.82) is 0 Å². The number of piperidine rings is 1. The van der Waals surface area contributed by atoms with E-state index in [4.69, 9.17) is 4.74 Å². The summed E-state index contributed by atoms with van der Waals surface area (Å²) < 4.78 is 5.16. The number of hydrogen-bond acceptors (Lipinski definition) is 3. The number of methoxy groups -OCH3 is 1. The van der Waals surface area contributed by atoms with Crippen LogP contribution in [0.3, 0.4) is 0 Å². The SMILES string of the molecule is C.COC(=O)C1C2CC[C@H](C[C@@H]1c1ccc(C#Cc3ccccc3)cc1)N2C. The van der Waals surface area contributed by atoms with Gasteiger partial charge in [0.15, 0.2) is 0 Å². The van der Waals surface area contributed by atoms with Crippen LogP contribution in [-0.2, 0) is 9.53 Å². The van der Waals surface area contributed by atoms with Gasteiger partial charge in [-0.3, -0.25) is 9.69 Å². The van der Waals surface area contributed by atoms with Gasteiger partial charge in [0.2, 0.25) is 0 Å². The van der Waals surface area contributed by atoms with E-state index in [1.807, 2.05) is 30.3 Å². The number of carbonyl (C=O) groups is 1. The minimum atomic E-state index is -0.0833. The van der Waals surface area contributed by atoms with E-state index in [-0.39, 0.29) is 25.2 Å². The lowest BCUT2D eigenvalue weighted by Crippen LogP contribution is -2.49. The van der Waals surface area contributed by atoms with Gasteiger partial charge >= 0.3 is 5.97 Å². The summed E-state index contributed by atoms with van der Waals surface area (Å²) in [5.41, 5.74) is 3.23. The van der Waals surface area contributed by atoms with Crippen molar-refractivity contribution in [1.82, 2.24) is 4.90 Å². The summed E-state index contributed by atoms with van der Waals surface area (Å²) in [5, 5.41) is 0. The van der Waals surface area contributed by atoms with E-state index >= 15 is 0 Å². The van der Waals surface area contributed by atoms with E-state index in [1.165, 1.54) is 19.1 Å². The lowest BCUT2D eigenvalue weighted by molar-refractivity contribution is -0.150. The van der Waals surface area contributed by atoms with Gasteiger partial charge in [0.25, 0.3) is 0 Å². The molecule has 2 saturated heterocycles. The molecule has 0 aromatic heterocycles. The molecule has 2 unspecified atom stereocenters. The molecular formula is C25H29NO2. The van der Waals surface area contributed by atoms with Gasteiger partial charge in [0.05, 0.1) is 13.0 Å². The van der Waals surface area contributed by atoms with Gasteiger partial charge in [-0.1, -0.05) is 49.6 Å². The fourth-order valence-electron chi connectivity index (χ4n) is 4.75. The molecule has 4 atom stereocenters. The van der Waals surface area contributed by atoms with Crippen LogP contribution in [0.15, 0.2) is 54.6 Å². The summed E-state index contributed by atoms with van der Waals surface area (Å²) in [7, 11) is 3.65. The molecule has 0 saturated carbocycles. The summed E-state index contributed by atoms with van der Waals surface area (Å²) in [6.45, 7) is 0. The molecule has 3 heteroatoms. The van der Waals surface area contributed by atoms with Crippen molar-refractivity contribution in [2.24, 2.45) is 5.92 Å². The fraction of sp³-hybridized carbons (Fsp3) is 0.400. The number of nitrogens with zero attached hydrogens (tertiary/aromatic N) is 1. The number of fused-ring (bicyclic) bond motifs is 2. The van der Waals surface area contributed by atoms with Crippen LogP contribution in [0.25, 0.3) is 0 Å². The number of esters is 1. The Morgan fingerprint density at radius 3 is 2.29 bits per heavy atom. The lowest BCUT2D eigenvalue weighted by Gasteiger charge is -2.41. The number of rotatable bonds is 2. The Morgan fingerprint density at radius 2 is 1.64 bits per heavy atom. The monoisotopic (exact) mass is 375 g/mol. The Labute approximate surface area is 168 Å². The van der Waals surface area contributed by atoms with Crippen LogP contribution in [0, 0.1) is 17.8 Å². The van der Waals surface area contributed by atoms with Crippen molar-refractivity contribution in [2.75, 3.05) is 14.2 Å². The van der Waals surface area contributed by atoms with Crippen LogP contribution in [0.2, 0.25) is 0 Å². The molecule has 0 spiro atoms. The maximum Gasteiger partial charge on any atom is 0.310 e. The third kappa shape index (κ3) is 3.84. The van der Waals surface area contributed by atoms with Crippen molar-refractivity contribution in [3.05, 3.63) is 71.3 Å². The zero-order valence-electron chi connectivity index (χ0n) is 15.9. The highest BCUT2D eigenvalue weighted by Gasteiger charge is 2.49. The molecule has 0 amide bonds. The molecule has 3 nitrogen and oxygen atoms in total. The van der Waals surface area contributed by atoms with Gasteiger partial charge in [-0.05, 0) is 56.1 Å². The van der Waals surface area contributed by atoms with Crippen molar-refractivity contribution >= 4 is 5.97 Å². The maximum absolute atomic E-state index is 12.5. The van der Waals surface area contributed by atoms with Gasteiger partial charge in [0.1, 0.15) is 0 Å². The van der Waals surface area contributed by atoms with Crippen molar-refractivity contribution in [2.45, 2.75) is 44.7 Å². The predicted molar refractivity (Wildman–Crippen MR) is 113 cm³/mol. The van der Waals surface area contributed by atoms with Gasteiger partial charge in [0, 0.05) is 29.1 Å². The van der Waals surface area contributed by atoms with E-state index in [2.05, 4.69) is 48.1 Å². The first-order valence-corrected chi connectivity index (χ1v) is 9.64. The Bertz CT molecular complexity index is 863. The van der Waals surface area contributed by atoms with Gasteiger partial charge < -0.3 is 4.74 Å². The molecule has 2 aliphatic heterocycles. The average molecular weight is 376 g/mol. The fourth-order valence-corrected chi connectivity index (χ4v) is 4.75. The van der Waals surface area contributed by atoms with Gasteiger partial charge in [-0.25, -0.2) is 0 Å². The third-order valence-electron chi connectivity index (χ3n) is 6.21. The molecule has 0 aliphatic carbocycles. The molecule has 4 rings (SSSR count). The topological polar surface area (TPSA) is 29.5 Å². The van der Waals surface area contributed by atoms with Crippen molar-refractivity contribution in [3.8, 4) is 11.8 Å². The second-order valence-electron chi connectivity index (χ2n) is 7.59. The average Bonchev–Trinajstić information content (AvgIpc) is 2.95. The molecule has 2 bridgehead atoms. The van der Waals surface area contributed by atoms with Crippen LogP contribution >= 0.6 is 0 Å². The molecule has 2 aromatic rings. The Kier molecular flexibility index (Phi) is 6.21. The second-order valence-corrected chi connectivity index (χ2v) is 7.59. The van der Waals surface area contributed by atoms with Crippen LogP contribution in [0.1, 0.15) is 49.3 Å². The first kappa shape index (κ1) is 20.2. The molecular weight excluding hydrogens is 346 g/mol. The third-order valence-corrected chi connectivity index (χ3v) is 6.21. The first-order valence-electron chi connectivity index (χ1n) is 9.64. The molecule has 0 radical (unpaired) electrons. The molecule has 2 fully saturated rings. The highest BCUT2D eigenvalue weighted by molar-refractivity contribution is 5.75. The van der Waals surface area contributed by atoms with Gasteiger partial charge in [-0.2, -0.15) is 0 Å². The highest BCUT2D eigenvalue weighted by Crippen LogP contribution is 2.46. The normalized spacial score (nSPS) is 25.9. The maximum atomic E-state index is 12.5. The van der Waals surface area contributed by atoms with Crippen LogP contribution in [0.4, 0.5) is 0 Å². The highest BCUT2D eigenvalue weighted by atomic mass is 16.5. The van der Waals surface area contributed by atoms with E-state index in [1.54, 1.807) is 0 Å². The largest absolute Gasteiger partial charge is 0.469 e. The Balaban J connectivity index is 0.00000225. The van der Waals surface area contributed by atoms with Crippen molar-refractivity contribution in [3.63, 3.8) is 0 Å². The van der Waals surface area contributed by atoms with Gasteiger partial charge in [-0.15, -0.1) is 0 Å². The molecule has 28 heavy (non-hydrogen) atoms. The van der Waals surface area contributed by atoms with E-state index in [0.29, 0.717) is 12.1 Å². The summed E-state index contributed by atoms with van der Waals surface area (Å²) in [6.07, 6.45) is 3.27. The quantitative estimate of drug-likeness (QED) is 0.573. The second kappa shape index (κ2) is 8.63. The number of ether oxygens (including phenoxy) is 1. The lowest BCUT2D eigenvalue weighted by atomic mass is 9.76. The van der Waals surface area contributed by atoms with Crippen LogP contribution < -0.4 is 0 Å². The van der Waals surface area contributed by atoms with E-state index < -0.39 is 0 Å². The molecule has 146 valence electrons. The van der Waals surface area contributed by atoms with Crippen LogP contribution in [0.5, 0.6) is 0 Å². The number of benzene rings is 2. The van der Waals surface area contributed by atoms with E-state index in [9.17, 15) is 4.79 Å². The molecule has 0 N–H and O–H groups in total. The number of carbonyl (C=O) groups excluding carboxylic acids is 1.